The molecule has 132 valence electrons. The summed E-state index contributed by atoms with van der Waals surface area (Å²) in [4.78, 5) is 15.5. The summed E-state index contributed by atoms with van der Waals surface area (Å²) < 4.78 is 0. The highest BCUT2D eigenvalue weighted by Gasteiger charge is 2.22. The first-order valence-corrected chi connectivity index (χ1v) is 8.30. The largest absolute Gasteiger partial charge is 0.465 e. The van der Waals surface area contributed by atoms with E-state index in [-0.39, 0.29) is 0 Å². The molecule has 0 aliphatic carbocycles. The molecule has 2 aromatic carbocycles. The van der Waals surface area contributed by atoms with Gasteiger partial charge in [-0.25, -0.2) is 4.79 Å². The fourth-order valence-corrected chi connectivity index (χ4v) is 2.93. The Morgan fingerprint density at radius 2 is 1.69 bits per heavy atom. The van der Waals surface area contributed by atoms with Gasteiger partial charge < -0.3 is 16.2 Å². The van der Waals surface area contributed by atoms with E-state index in [9.17, 15) is 4.79 Å². The summed E-state index contributed by atoms with van der Waals surface area (Å²) in [5.74, 6) is 0. The third kappa shape index (κ3) is 3.67. The molecule has 1 heterocycles. The van der Waals surface area contributed by atoms with E-state index in [0.29, 0.717) is 5.69 Å². The predicted octanol–water partition coefficient (Wildman–Crippen LogP) is 4.50. The highest BCUT2D eigenvalue weighted by atomic mass is 16.4. The Bertz CT molecular complexity index is 920. The van der Waals surface area contributed by atoms with E-state index in [2.05, 4.69) is 10.3 Å². The molecular weight excluding hydrogens is 326 g/mol. The maximum absolute atomic E-state index is 11.0. The van der Waals surface area contributed by atoms with Gasteiger partial charge in [0.05, 0.1) is 23.1 Å². The van der Waals surface area contributed by atoms with Crippen molar-refractivity contribution in [2.24, 2.45) is 0 Å². The molecule has 5 nitrogen and oxygen atoms in total. The van der Waals surface area contributed by atoms with Gasteiger partial charge in [0, 0.05) is 11.1 Å². The molecule has 0 unspecified atom stereocenters. The summed E-state index contributed by atoms with van der Waals surface area (Å²) >= 11 is 0. The molecule has 0 aliphatic rings. The van der Waals surface area contributed by atoms with Crippen LogP contribution >= 0.6 is 0 Å². The third-order valence-electron chi connectivity index (χ3n) is 4.29. The minimum atomic E-state index is -1.05. The average Bonchev–Trinajstić information content (AvgIpc) is 2.61. The summed E-state index contributed by atoms with van der Waals surface area (Å²) in [6.45, 7) is 3.65. The lowest BCUT2D eigenvalue weighted by atomic mass is 9.92. The van der Waals surface area contributed by atoms with Gasteiger partial charge in [0.1, 0.15) is 0 Å². The molecule has 0 saturated carbocycles. The summed E-state index contributed by atoms with van der Waals surface area (Å²) in [5, 5.41) is 11.5. The molecule has 5 heteroatoms. The molecule has 0 atom stereocenters. The molecule has 1 amide bonds. The van der Waals surface area contributed by atoms with Gasteiger partial charge in [-0.1, -0.05) is 54.6 Å². The van der Waals surface area contributed by atoms with Crippen LogP contribution in [0.2, 0.25) is 0 Å². The lowest BCUT2D eigenvalue weighted by molar-refractivity contribution is 0.182. The molecular formula is C21H21N3O2. The van der Waals surface area contributed by atoms with Crippen molar-refractivity contribution in [2.45, 2.75) is 19.4 Å². The number of carboxylic acid groups (broad SMARTS) is 1. The zero-order chi connectivity index (χ0) is 18.7. The summed E-state index contributed by atoms with van der Waals surface area (Å²) in [6.07, 6.45) is 0.594. The summed E-state index contributed by atoms with van der Waals surface area (Å²) in [7, 11) is 0. The number of amides is 1. The van der Waals surface area contributed by atoms with Gasteiger partial charge in [-0.15, -0.1) is 0 Å². The molecule has 26 heavy (non-hydrogen) atoms. The average molecular weight is 347 g/mol. The number of hydrogen-bond donors (Lipinski definition) is 3. The molecule has 0 radical (unpaired) electrons. The van der Waals surface area contributed by atoms with E-state index < -0.39 is 11.6 Å². The minimum absolute atomic E-state index is 0.607. The van der Waals surface area contributed by atoms with Crippen molar-refractivity contribution >= 4 is 11.8 Å². The van der Waals surface area contributed by atoms with E-state index in [1.54, 1.807) is 6.20 Å². The second-order valence-corrected chi connectivity index (χ2v) is 6.66. The maximum Gasteiger partial charge on any atom is 0.405 e. The Morgan fingerprint density at radius 1 is 1.04 bits per heavy atom. The van der Waals surface area contributed by atoms with Crippen LogP contribution in [0.15, 0.2) is 66.9 Å². The first-order chi connectivity index (χ1) is 12.4. The Balaban J connectivity index is 2.02. The van der Waals surface area contributed by atoms with Crippen LogP contribution < -0.4 is 11.1 Å². The van der Waals surface area contributed by atoms with Gasteiger partial charge >= 0.3 is 6.09 Å². The van der Waals surface area contributed by atoms with Crippen molar-refractivity contribution in [3.63, 3.8) is 0 Å². The SMILES string of the molecule is CC(C)(NC(=O)O)c1ccc(-c2ncc(N)cc2-c2ccccc2)cc1. The van der Waals surface area contributed by atoms with Crippen LogP contribution in [0.25, 0.3) is 22.4 Å². The quantitative estimate of drug-likeness (QED) is 0.648. The number of nitrogen functional groups attached to an aromatic ring is 1. The molecule has 3 rings (SSSR count). The standard InChI is InChI=1S/C21H21N3O2/c1-21(2,24-20(25)26)16-10-8-15(9-11-16)19-18(12-17(22)13-23-19)14-6-4-3-5-7-14/h3-13,24H,22H2,1-2H3,(H,25,26). The van der Waals surface area contributed by atoms with Crippen LogP contribution in [0.4, 0.5) is 10.5 Å². The Morgan fingerprint density at radius 3 is 2.31 bits per heavy atom. The van der Waals surface area contributed by atoms with Gasteiger partial charge in [-0.05, 0) is 31.0 Å². The van der Waals surface area contributed by atoms with Crippen molar-refractivity contribution < 1.29 is 9.90 Å². The predicted molar refractivity (Wildman–Crippen MR) is 104 cm³/mol. The Labute approximate surface area is 152 Å². The highest BCUT2D eigenvalue weighted by molar-refractivity contribution is 5.82. The normalized spacial score (nSPS) is 11.2. The van der Waals surface area contributed by atoms with E-state index in [0.717, 1.165) is 27.9 Å². The van der Waals surface area contributed by atoms with Gasteiger partial charge in [-0.2, -0.15) is 0 Å². The molecule has 0 fully saturated rings. The van der Waals surface area contributed by atoms with Gasteiger partial charge in [-0.3, -0.25) is 4.98 Å². The topological polar surface area (TPSA) is 88.2 Å². The van der Waals surface area contributed by atoms with Gasteiger partial charge in [0.15, 0.2) is 0 Å². The first kappa shape index (κ1) is 17.5. The van der Waals surface area contributed by atoms with E-state index >= 15 is 0 Å². The van der Waals surface area contributed by atoms with Crippen LogP contribution in [0.5, 0.6) is 0 Å². The van der Waals surface area contributed by atoms with Crippen LogP contribution in [0.3, 0.4) is 0 Å². The second kappa shape index (κ2) is 6.88. The number of anilines is 1. The van der Waals surface area contributed by atoms with E-state index in [4.69, 9.17) is 10.8 Å². The first-order valence-electron chi connectivity index (χ1n) is 8.30. The molecule has 1 aromatic heterocycles. The smallest absolute Gasteiger partial charge is 0.405 e. The number of pyridine rings is 1. The van der Waals surface area contributed by atoms with Crippen molar-refractivity contribution in [3.8, 4) is 22.4 Å². The second-order valence-electron chi connectivity index (χ2n) is 6.66. The van der Waals surface area contributed by atoms with Gasteiger partial charge in [0.25, 0.3) is 0 Å². The zero-order valence-corrected chi connectivity index (χ0v) is 14.7. The molecule has 4 N–H and O–H groups in total. The van der Waals surface area contributed by atoms with Crippen molar-refractivity contribution in [1.29, 1.82) is 0 Å². The molecule has 0 saturated heterocycles. The lowest BCUT2D eigenvalue weighted by Gasteiger charge is -2.25. The minimum Gasteiger partial charge on any atom is -0.465 e. The number of benzene rings is 2. The number of rotatable bonds is 4. The number of hydrogen-bond acceptors (Lipinski definition) is 3. The Hall–Kier alpha value is -3.34. The van der Waals surface area contributed by atoms with Crippen LogP contribution in [-0.2, 0) is 5.54 Å². The van der Waals surface area contributed by atoms with E-state index in [1.165, 1.54) is 0 Å². The van der Waals surface area contributed by atoms with Crippen LogP contribution in [-0.4, -0.2) is 16.2 Å². The fraction of sp³-hybridized carbons (Fsp3) is 0.143. The van der Waals surface area contributed by atoms with Crippen LogP contribution in [0, 0.1) is 0 Å². The van der Waals surface area contributed by atoms with Crippen molar-refractivity contribution in [1.82, 2.24) is 10.3 Å². The third-order valence-corrected chi connectivity index (χ3v) is 4.29. The number of nitrogens with one attached hydrogen (secondary N) is 1. The number of aromatic nitrogens is 1. The monoisotopic (exact) mass is 347 g/mol. The number of nitrogens with two attached hydrogens (primary N) is 1. The maximum atomic E-state index is 11.0. The van der Waals surface area contributed by atoms with E-state index in [1.807, 2.05) is 74.5 Å². The molecule has 0 spiro atoms. The molecule has 0 bridgehead atoms. The highest BCUT2D eigenvalue weighted by Crippen LogP contribution is 2.32. The van der Waals surface area contributed by atoms with Gasteiger partial charge in [0.2, 0.25) is 0 Å². The molecule has 3 aromatic rings. The number of nitrogens with zero attached hydrogens (tertiary/aromatic N) is 1. The fourth-order valence-electron chi connectivity index (χ4n) is 2.93. The summed E-state index contributed by atoms with van der Waals surface area (Å²) in [5.41, 5.74) is 10.5. The molecule has 0 aliphatic heterocycles. The van der Waals surface area contributed by atoms with Crippen LogP contribution in [0.1, 0.15) is 19.4 Å². The summed E-state index contributed by atoms with van der Waals surface area (Å²) in [6, 6.07) is 19.6. The zero-order valence-electron chi connectivity index (χ0n) is 14.7. The van der Waals surface area contributed by atoms with Crippen molar-refractivity contribution in [2.75, 3.05) is 5.73 Å². The lowest BCUT2D eigenvalue weighted by Crippen LogP contribution is -2.39. The Kier molecular flexibility index (Phi) is 4.63. The number of carbonyl (C=O) groups is 1. The van der Waals surface area contributed by atoms with Crippen molar-refractivity contribution in [3.05, 3.63) is 72.4 Å².